The number of aromatic nitrogens is 2. The van der Waals surface area contributed by atoms with Crippen LogP contribution in [0.4, 0.5) is 0 Å². The van der Waals surface area contributed by atoms with E-state index in [0.29, 0.717) is 0 Å². The van der Waals surface area contributed by atoms with Crippen LogP contribution in [0.15, 0.2) is 76.7 Å². The summed E-state index contributed by atoms with van der Waals surface area (Å²) >= 11 is 7.71. The lowest BCUT2D eigenvalue weighted by molar-refractivity contribution is 0.415. The molecule has 2 aromatic carbocycles. The quantitative estimate of drug-likeness (QED) is 0.478. The first kappa shape index (κ1) is 16.1. The summed E-state index contributed by atoms with van der Waals surface area (Å²) in [6.07, 6.45) is 1.80. The van der Waals surface area contributed by atoms with E-state index in [0.717, 1.165) is 42.9 Å². The van der Waals surface area contributed by atoms with Crippen molar-refractivity contribution >= 4 is 34.4 Å². The molecule has 2 aromatic heterocycles. The molecular weight excluding hydrogens is 352 g/mol. The van der Waals surface area contributed by atoms with E-state index in [1.54, 1.807) is 25.1 Å². The smallest absolute Gasteiger partial charge is 0.138 e. The molecule has 1 N–H and O–H groups in total. The Labute approximate surface area is 155 Å². The Morgan fingerprint density at radius 1 is 1.00 bits per heavy atom. The molecule has 3 nitrogen and oxygen atoms in total. The first-order valence-corrected chi connectivity index (χ1v) is 8.98. The number of pyridine rings is 1. The van der Waals surface area contributed by atoms with Gasteiger partial charge in [0.1, 0.15) is 11.4 Å². The van der Waals surface area contributed by atoms with E-state index in [4.69, 9.17) is 16.3 Å². The van der Waals surface area contributed by atoms with Gasteiger partial charge in [-0.3, -0.25) is 0 Å². The molecule has 0 aliphatic heterocycles. The van der Waals surface area contributed by atoms with Gasteiger partial charge in [0.15, 0.2) is 0 Å². The van der Waals surface area contributed by atoms with E-state index in [2.05, 4.69) is 28.2 Å². The van der Waals surface area contributed by atoms with Crippen LogP contribution in [-0.4, -0.2) is 17.1 Å². The highest BCUT2D eigenvalue weighted by Gasteiger charge is 2.15. The molecule has 25 heavy (non-hydrogen) atoms. The van der Waals surface area contributed by atoms with Crippen LogP contribution in [0, 0.1) is 0 Å². The van der Waals surface area contributed by atoms with Crippen LogP contribution >= 0.6 is 23.4 Å². The largest absolute Gasteiger partial charge is 0.497 e. The second kappa shape index (κ2) is 6.82. The first-order valence-electron chi connectivity index (χ1n) is 7.79. The van der Waals surface area contributed by atoms with Crippen molar-refractivity contribution in [1.29, 1.82) is 0 Å². The highest BCUT2D eigenvalue weighted by molar-refractivity contribution is 7.99. The number of methoxy groups -OCH3 is 1. The Kier molecular flexibility index (Phi) is 4.38. The van der Waals surface area contributed by atoms with Gasteiger partial charge in [0.2, 0.25) is 0 Å². The van der Waals surface area contributed by atoms with Crippen LogP contribution in [0.25, 0.3) is 22.3 Å². The average molecular weight is 367 g/mol. The summed E-state index contributed by atoms with van der Waals surface area (Å²) in [5.41, 5.74) is 3.02. The Balaban J connectivity index is 1.83. The second-order valence-electron chi connectivity index (χ2n) is 5.51. The molecule has 0 aliphatic carbocycles. The second-order valence-corrected chi connectivity index (χ2v) is 7.03. The van der Waals surface area contributed by atoms with Gasteiger partial charge in [-0.25, -0.2) is 4.98 Å². The fraction of sp³-hybridized carbons (Fsp3) is 0.0500. The van der Waals surface area contributed by atoms with E-state index < -0.39 is 0 Å². The zero-order valence-corrected chi connectivity index (χ0v) is 15.1. The summed E-state index contributed by atoms with van der Waals surface area (Å²) in [5.74, 6) is 0.838. The Bertz CT molecular complexity index is 1010. The van der Waals surface area contributed by atoms with Crippen LogP contribution in [0.5, 0.6) is 5.75 Å². The van der Waals surface area contributed by atoms with Crippen LogP contribution in [0.3, 0.4) is 0 Å². The van der Waals surface area contributed by atoms with Crippen molar-refractivity contribution in [2.45, 2.75) is 9.79 Å². The molecule has 0 amide bonds. The van der Waals surface area contributed by atoms with Crippen molar-refractivity contribution in [1.82, 2.24) is 9.97 Å². The van der Waals surface area contributed by atoms with E-state index in [1.807, 2.05) is 42.5 Å². The minimum atomic E-state index is 0.736. The third-order valence-electron chi connectivity index (χ3n) is 3.94. The molecule has 4 rings (SSSR count). The van der Waals surface area contributed by atoms with Crippen LogP contribution in [0.2, 0.25) is 5.02 Å². The zero-order chi connectivity index (χ0) is 17.2. The third-order valence-corrected chi connectivity index (χ3v) is 5.32. The number of ether oxygens (including phenoxy) is 1. The number of aromatic amines is 1. The van der Waals surface area contributed by atoms with Gasteiger partial charge in [-0.1, -0.05) is 23.4 Å². The monoisotopic (exact) mass is 366 g/mol. The molecule has 0 saturated carbocycles. The topological polar surface area (TPSA) is 37.9 Å². The van der Waals surface area contributed by atoms with Crippen LogP contribution in [-0.2, 0) is 0 Å². The van der Waals surface area contributed by atoms with Crippen molar-refractivity contribution < 1.29 is 4.74 Å². The maximum absolute atomic E-state index is 6.01. The summed E-state index contributed by atoms with van der Waals surface area (Å²) in [5, 5.41) is 1.84. The molecule has 0 spiro atoms. The Morgan fingerprint density at radius 3 is 2.48 bits per heavy atom. The van der Waals surface area contributed by atoms with E-state index >= 15 is 0 Å². The summed E-state index contributed by atoms with van der Waals surface area (Å²) in [4.78, 5) is 10.2. The fourth-order valence-corrected chi connectivity index (χ4v) is 3.86. The third kappa shape index (κ3) is 3.23. The molecule has 0 saturated heterocycles. The van der Waals surface area contributed by atoms with Crippen molar-refractivity contribution in [3.63, 3.8) is 0 Å². The first-order chi connectivity index (χ1) is 12.2. The van der Waals surface area contributed by atoms with E-state index in [1.165, 1.54) is 0 Å². The number of nitrogens with zero attached hydrogens (tertiary/aromatic N) is 1. The number of halogens is 1. The molecule has 4 aromatic rings. The molecule has 0 bridgehead atoms. The lowest BCUT2D eigenvalue weighted by Crippen LogP contribution is -1.84. The highest BCUT2D eigenvalue weighted by Crippen LogP contribution is 2.41. The van der Waals surface area contributed by atoms with Gasteiger partial charge in [-0.15, -0.1) is 0 Å². The maximum Gasteiger partial charge on any atom is 0.138 e. The SMILES string of the molecule is COc1ccc(-c2[nH]c3ncccc3c2Sc2ccc(Cl)cc2)cc1. The maximum atomic E-state index is 6.01. The minimum absolute atomic E-state index is 0.736. The van der Waals surface area contributed by atoms with Gasteiger partial charge in [-0.05, 0) is 66.2 Å². The molecule has 5 heteroatoms. The standard InChI is InChI=1S/C20H15ClN2OS/c1-24-15-8-4-13(5-9-15)18-19(17-3-2-12-22-20(17)23-18)25-16-10-6-14(21)7-11-16/h2-12H,1H3,(H,22,23). The number of benzene rings is 2. The summed E-state index contributed by atoms with van der Waals surface area (Å²) in [6, 6.07) is 19.9. The summed E-state index contributed by atoms with van der Waals surface area (Å²) < 4.78 is 5.26. The number of H-pyrrole nitrogens is 1. The van der Waals surface area contributed by atoms with Gasteiger partial charge in [0, 0.05) is 26.4 Å². The van der Waals surface area contributed by atoms with Crippen LogP contribution < -0.4 is 4.74 Å². The summed E-state index contributed by atoms with van der Waals surface area (Å²) in [7, 11) is 1.67. The normalized spacial score (nSPS) is 11.0. The van der Waals surface area contributed by atoms with Crippen molar-refractivity contribution in [3.8, 4) is 17.0 Å². The number of nitrogens with one attached hydrogen (secondary N) is 1. The number of fused-ring (bicyclic) bond motifs is 1. The predicted octanol–water partition coefficient (Wildman–Crippen LogP) is 6.04. The molecular formula is C20H15ClN2OS. The lowest BCUT2D eigenvalue weighted by Gasteiger charge is -2.06. The molecule has 0 unspecified atom stereocenters. The van der Waals surface area contributed by atoms with E-state index in [9.17, 15) is 0 Å². The minimum Gasteiger partial charge on any atom is -0.497 e. The Morgan fingerprint density at radius 2 is 1.76 bits per heavy atom. The molecule has 0 aliphatic rings. The van der Waals surface area contributed by atoms with Gasteiger partial charge in [0.25, 0.3) is 0 Å². The molecule has 2 heterocycles. The van der Waals surface area contributed by atoms with Crippen LogP contribution in [0.1, 0.15) is 0 Å². The fourth-order valence-electron chi connectivity index (χ4n) is 2.69. The number of rotatable bonds is 4. The average Bonchev–Trinajstić information content (AvgIpc) is 3.02. The van der Waals surface area contributed by atoms with Crippen molar-refractivity contribution in [3.05, 3.63) is 71.9 Å². The lowest BCUT2D eigenvalue weighted by atomic mass is 10.1. The Hall–Kier alpha value is -2.43. The van der Waals surface area contributed by atoms with Crippen molar-refractivity contribution in [2.75, 3.05) is 7.11 Å². The highest BCUT2D eigenvalue weighted by atomic mass is 35.5. The zero-order valence-electron chi connectivity index (χ0n) is 13.5. The molecule has 0 atom stereocenters. The number of hydrogen-bond donors (Lipinski definition) is 1. The van der Waals surface area contributed by atoms with Gasteiger partial charge in [0.05, 0.1) is 12.8 Å². The number of hydrogen-bond acceptors (Lipinski definition) is 3. The molecule has 124 valence electrons. The van der Waals surface area contributed by atoms with Crippen molar-refractivity contribution in [2.24, 2.45) is 0 Å². The van der Waals surface area contributed by atoms with Gasteiger partial charge in [-0.2, -0.15) is 0 Å². The van der Waals surface area contributed by atoms with Gasteiger partial charge < -0.3 is 9.72 Å². The van der Waals surface area contributed by atoms with Gasteiger partial charge >= 0.3 is 0 Å². The molecule has 0 radical (unpaired) electrons. The summed E-state index contributed by atoms with van der Waals surface area (Å²) in [6.45, 7) is 0. The predicted molar refractivity (Wildman–Crippen MR) is 104 cm³/mol. The molecule has 0 fully saturated rings. The van der Waals surface area contributed by atoms with E-state index in [-0.39, 0.29) is 0 Å².